The summed E-state index contributed by atoms with van der Waals surface area (Å²) in [5.41, 5.74) is 3.08. The zero-order valence-corrected chi connectivity index (χ0v) is 12.4. The van der Waals surface area contributed by atoms with E-state index in [2.05, 4.69) is 5.16 Å². The monoisotopic (exact) mass is 317 g/mol. The summed E-state index contributed by atoms with van der Waals surface area (Å²) in [7, 11) is 0. The molecule has 0 amide bonds. The van der Waals surface area contributed by atoms with Crippen LogP contribution in [0.5, 0.6) is 0 Å². The fourth-order valence-electron chi connectivity index (χ4n) is 2.68. The van der Waals surface area contributed by atoms with Crippen molar-refractivity contribution in [2.75, 3.05) is 0 Å². The Kier molecular flexibility index (Phi) is 3.31. The van der Waals surface area contributed by atoms with E-state index in [1.807, 2.05) is 12.1 Å². The fraction of sp³-hybridized carbons (Fsp3) is 0. The Hall–Kier alpha value is -3.47. The van der Waals surface area contributed by atoms with Gasteiger partial charge in [0.25, 0.3) is 0 Å². The van der Waals surface area contributed by atoms with Crippen molar-refractivity contribution in [2.24, 2.45) is 5.16 Å². The Morgan fingerprint density at radius 1 is 0.875 bits per heavy atom. The van der Waals surface area contributed by atoms with Gasteiger partial charge in [0.15, 0.2) is 5.78 Å². The molecular formula is C19H11NO4. The molecule has 0 saturated carbocycles. The molecule has 0 unspecified atom stereocenters. The highest BCUT2D eigenvalue weighted by molar-refractivity contribution is 6.30. The van der Waals surface area contributed by atoms with Crippen LogP contribution < -0.4 is 0 Å². The second kappa shape index (κ2) is 5.62. The summed E-state index contributed by atoms with van der Waals surface area (Å²) in [6.07, 6.45) is 2.67. The Morgan fingerprint density at radius 2 is 1.46 bits per heavy atom. The first-order valence-corrected chi connectivity index (χ1v) is 7.31. The summed E-state index contributed by atoms with van der Waals surface area (Å²) in [4.78, 5) is 29.6. The highest BCUT2D eigenvalue weighted by Gasteiger charge is 2.28. The molecule has 0 atom stereocenters. The number of hydrogen-bond acceptors (Lipinski definition) is 5. The lowest BCUT2D eigenvalue weighted by atomic mass is 9.84. The predicted molar refractivity (Wildman–Crippen MR) is 86.1 cm³/mol. The first kappa shape index (κ1) is 14.1. The zero-order valence-electron chi connectivity index (χ0n) is 12.4. The van der Waals surface area contributed by atoms with Gasteiger partial charge in [0.2, 0.25) is 0 Å². The highest BCUT2D eigenvalue weighted by Crippen LogP contribution is 2.27. The average molecular weight is 317 g/mol. The Bertz CT molecular complexity index is 919. The third-order valence-electron chi connectivity index (χ3n) is 3.83. The van der Waals surface area contributed by atoms with E-state index in [0.29, 0.717) is 28.0 Å². The lowest BCUT2D eigenvalue weighted by Crippen LogP contribution is -2.22. The molecule has 0 radical (unpaired) electrons. The van der Waals surface area contributed by atoms with Crippen LogP contribution in [0.2, 0.25) is 0 Å². The summed E-state index contributed by atoms with van der Waals surface area (Å²) < 4.78 is 4.86. The number of hydrogen-bond donors (Lipinski definition) is 0. The number of nitrogens with zero attached hydrogens (tertiary/aromatic N) is 1. The van der Waals surface area contributed by atoms with Crippen LogP contribution in [0.3, 0.4) is 0 Å². The van der Waals surface area contributed by atoms with E-state index in [-0.39, 0.29) is 11.3 Å². The summed E-state index contributed by atoms with van der Waals surface area (Å²) in [5, 5.41) is 4.03. The molecule has 0 spiro atoms. The van der Waals surface area contributed by atoms with Crippen molar-refractivity contribution in [3.8, 4) is 0 Å². The van der Waals surface area contributed by atoms with Crippen LogP contribution in [-0.2, 0) is 4.84 Å². The van der Waals surface area contributed by atoms with E-state index in [1.165, 1.54) is 18.6 Å². The Labute approximate surface area is 137 Å². The van der Waals surface area contributed by atoms with Crippen molar-refractivity contribution < 1.29 is 18.8 Å². The standard InChI is InChI=1S/C19H11NO4/c21-18-15-7-3-1-5-13(15)17(14-6-2-4-8-16(14)18)20-24-19(22)12-9-10-23-11-12/h1-11H. The van der Waals surface area contributed by atoms with Gasteiger partial charge in [-0.25, -0.2) is 4.79 Å². The van der Waals surface area contributed by atoms with Crippen LogP contribution >= 0.6 is 0 Å². The topological polar surface area (TPSA) is 68.9 Å². The molecule has 1 aliphatic rings. The molecule has 2 aromatic carbocycles. The van der Waals surface area contributed by atoms with Crippen LogP contribution in [0.1, 0.15) is 37.4 Å². The number of furan rings is 1. The minimum absolute atomic E-state index is 0.0682. The van der Waals surface area contributed by atoms with Crippen molar-refractivity contribution >= 4 is 17.5 Å². The van der Waals surface area contributed by atoms with Gasteiger partial charge >= 0.3 is 5.97 Å². The number of carbonyl (C=O) groups is 2. The van der Waals surface area contributed by atoms with Gasteiger partial charge in [0.1, 0.15) is 17.5 Å². The van der Waals surface area contributed by atoms with Crippen molar-refractivity contribution in [3.63, 3.8) is 0 Å². The minimum Gasteiger partial charge on any atom is -0.472 e. The maximum absolute atomic E-state index is 12.6. The third-order valence-corrected chi connectivity index (χ3v) is 3.83. The number of rotatable bonds is 2. The summed E-state index contributed by atoms with van der Waals surface area (Å²) in [5.74, 6) is -0.690. The zero-order chi connectivity index (χ0) is 16.5. The molecule has 116 valence electrons. The summed E-state index contributed by atoms with van der Waals surface area (Å²) in [6.45, 7) is 0. The van der Waals surface area contributed by atoms with E-state index in [9.17, 15) is 9.59 Å². The van der Waals surface area contributed by atoms with Gasteiger partial charge in [-0.1, -0.05) is 53.7 Å². The molecule has 24 heavy (non-hydrogen) atoms. The molecular weight excluding hydrogens is 306 g/mol. The predicted octanol–water partition coefficient (Wildman–Crippen LogP) is 3.43. The van der Waals surface area contributed by atoms with Crippen molar-refractivity contribution in [1.82, 2.24) is 0 Å². The second-order valence-corrected chi connectivity index (χ2v) is 5.25. The minimum atomic E-state index is -0.622. The summed E-state index contributed by atoms with van der Waals surface area (Å²) in [6, 6.07) is 15.7. The summed E-state index contributed by atoms with van der Waals surface area (Å²) >= 11 is 0. The molecule has 0 aliphatic heterocycles. The van der Waals surface area contributed by atoms with Crippen LogP contribution in [-0.4, -0.2) is 17.5 Å². The molecule has 0 fully saturated rings. The molecule has 3 aromatic rings. The smallest absolute Gasteiger partial charge is 0.368 e. The van der Waals surface area contributed by atoms with E-state index < -0.39 is 5.97 Å². The van der Waals surface area contributed by atoms with Crippen molar-refractivity contribution in [2.45, 2.75) is 0 Å². The van der Waals surface area contributed by atoms with Gasteiger partial charge in [-0.3, -0.25) is 4.79 Å². The van der Waals surface area contributed by atoms with Crippen molar-refractivity contribution in [1.29, 1.82) is 0 Å². The normalized spacial score (nSPS) is 12.3. The number of carbonyl (C=O) groups excluding carboxylic acids is 2. The van der Waals surface area contributed by atoms with E-state index >= 15 is 0 Å². The maximum atomic E-state index is 12.6. The molecule has 1 aliphatic carbocycles. The first-order valence-electron chi connectivity index (χ1n) is 7.31. The van der Waals surface area contributed by atoms with Gasteiger partial charge in [-0.2, -0.15) is 0 Å². The molecule has 0 N–H and O–H groups in total. The van der Waals surface area contributed by atoms with Crippen LogP contribution in [0.15, 0.2) is 76.7 Å². The molecule has 5 heteroatoms. The highest BCUT2D eigenvalue weighted by atomic mass is 16.7. The largest absolute Gasteiger partial charge is 0.472 e. The van der Waals surface area contributed by atoms with Crippen LogP contribution in [0.4, 0.5) is 0 Å². The van der Waals surface area contributed by atoms with Gasteiger partial charge in [0, 0.05) is 22.3 Å². The molecule has 0 bridgehead atoms. The average Bonchev–Trinajstić information content (AvgIpc) is 3.16. The number of benzene rings is 2. The number of fused-ring (bicyclic) bond motifs is 2. The molecule has 4 rings (SSSR count). The molecule has 0 saturated heterocycles. The first-order chi connectivity index (χ1) is 11.8. The lowest BCUT2D eigenvalue weighted by molar-refractivity contribution is 0.0516. The Morgan fingerprint density at radius 3 is 2.00 bits per heavy atom. The van der Waals surface area contributed by atoms with Gasteiger partial charge in [0.05, 0.1) is 6.26 Å². The second-order valence-electron chi connectivity index (χ2n) is 5.25. The number of ketones is 1. The van der Waals surface area contributed by atoms with E-state index in [1.54, 1.807) is 36.4 Å². The maximum Gasteiger partial charge on any atom is 0.368 e. The van der Waals surface area contributed by atoms with Gasteiger partial charge in [-0.15, -0.1) is 0 Å². The third kappa shape index (κ3) is 2.23. The molecule has 1 heterocycles. The van der Waals surface area contributed by atoms with Gasteiger partial charge < -0.3 is 9.25 Å². The molecule has 1 aromatic heterocycles. The van der Waals surface area contributed by atoms with Gasteiger partial charge in [-0.05, 0) is 6.07 Å². The SMILES string of the molecule is O=C(ON=C1c2ccccc2C(=O)c2ccccc21)c1ccoc1. The quantitative estimate of drug-likeness (QED) is 0.419. The van der Waals surface area contributed by atoms with Crippen LogP contribution in [0, 0.1) is 0 Å². The van der Waals surface area contributed by atoms with Crippen LogP contribution in [0.25, 0.3) is 0 Å². The van der Waals surface area contributed by atoms with Crippen molar-refractivity contribution in [3.05, 3.63) is 94.9 Å². The number of oxime groups is 1. The fourth-order valence-corrected chi connectivity index (χ4v) is 2.68. The molecule has 5 nitrogen and oxygen atoms in total. The lowest BCUT2D eigenvalue weighted by Gasteiger charge is -2.19. The Balaban J connectivity index is 1.80. The van der Waals surface area contributed by atoms with E-state index in [4.69, 9.17) is 9.25 Å². The van der Waals surface area contributed by atoms with E-state index in [0.717, 1.165) is 0 Å².